The van der Waals surface area contributed by atoms with Crippen molar-refractivity contribution in [1.82, 2.24) is 0 Å². The molecule has 80 heavy (non-hydrogen) atoms. The molecule has 0 unspecified atom stereocenters. The molecule has 18 N–H and O–H groups in total. The minimum Gasteiger partial charge on any atom is -0.394 e. The van der Waals surface area contributed by atoms with E-state index in [9.17, 15) is 100 Å². The van der Waals surface area contributed by atoms with Gasteiger partial charge < -0.3 is 163 Å². The van der Waals surface area contributed by atoms with Gasteiger partial charge in [0.1, 0.15) is 171 Å². The van der Waals surface area contributed by atoms with Gasteiger partial charge in [0.05, 0.1) is 52.5 Å². The normalized spacial score (nSPS) is 54.3. The highest BCUT2D eigenvalue weighted by Gasteiger charge is 2.63. The highest BCUT2D eigenvalue weighted by Crippen LogP contribution is 2.44. The van der Waals surface area contributed by atoms with Crippen molar-refractivity contribution in [3.05, 3.63) is 0 Å². The average Bonchev–Trinajstić information content (AvgIpc) is 4.40. The van der Waals surface area contributed by atoms with Crippen LogP contribution in [0.5, 0.6) is 0 Å². The van der Waals surface area contributed by atoms with E-state index < -0.39 is 271 Å². The van der Waals surface area contributed by atoms with E-state index in [2.05, 4.69) is 0 Å². The van der Waals surface area contributed by atoms with Crippen LogP contribution in [0, 0.1) is 0 Å². The number of epoxide rings is 1. The second-order valence-corrected chi connectivity index (χ2v) is 22.2. The summed E-state index contributed by atoms with van der Waals surface area (Å²) in [6, 6.07) is 0. The first-order valence-electron chi connectivity index (χ1n) is 25.5. The number of hydrogen-bond donors (Lipinski definition) is 18. The number of rotatable bonds is 9. The maximum Gasteiger partial charge on any atom is 0.264 e. The van der Waals surface area contributed by atoms with Gasteiger partial charge in [0, 0.05) is 0 Å². The van der Waals surface area contributed by atoms with Crippen molar-refractivity contribution in [1.29, 1.82) is 0 Å². The van der Waals surface area contributed by atoms with Crippen molar-refractivity contribution in [3.63, 3.8) is 0 Å². The van der Waals surface area contributed by atoms with Crippen molar-refractivity contribution in [2.45, 2.75) is 215 Å². The Bertz CT molecular complexity index is 2100. The zero-order chi connectivity index (χ0) is 58.0. The van der Waals surface area contributed by atoms with Gasteiger partial charge in [-0.1, -0.05) is 0 Å². The van der Waals surface area contributed by atoms with E-state index in [4.69, 9.17) is 75.2 Å². The summed E-state index contributed by atoms with van der Waals surface area (Å²) < 4.78 is 116. The molecule has 21 saturated heterocycles. The molecule has 0 aromatic rings. The van der Waals surface area contributed by atoms with Crippen molar-refractivity contribution in [2.24, 2.45) is 0 Å². The van der Waals surface area contributed by atoms with Gasteiger partial charge in [-0.3, -0.25) is 4.18 Å². The molecule has 0 amide bonds. The molecule has 21 aliphatic heterocycles. The lowest BCUT2D eigenvalue weighted by Crippen LogP contribution is -2.68. The predicted octanol–water partition coefficient (Wildman–Crippen LogP) is -14.2. The highest BCUT2D eigenvalue weighted by molar-refractivity contribution is 7.85. The third-order valence-corrected chi connectivity index (χ3v) is 15.8. The fourth-order valence-corrected chi connectivity index (χ4v) is 11.2. The van der Waals surface area contributed by atoms with E-state index in [1.807, 2.05) is 0 Å². The van der Waals surface area contributed by atoms with Crippen molar-refractivity contribution in [3.8, 4) is 0 Å². The minimum atomic E-state index is -4.35. The molecule has 0 aliphatic carbocycles. The summed E-state index contributed by atoms with van der Waals surface area (Å²) in [6.45, 7) is -7.00. The third kappa shape index (κ3) is 12.6. The van der Waals surface area contributed by atoms with Gasteiger partial charge in [0.15, 0.2) is 44.0 Å². The van der Waals surface area contributed by atoms with Gasteiger partial charge in [0.25, 0.3) is 10.1 Å². The molecule has 0 aromatic carbocycles. The second-order valence-electron chi connectivity index (χ2n) is 20.5. The Morgan fingerprint density at radius 2 is 0.475 bits per heavy atom. The number of aliphatic hydroxyl groups excluding tert-OH is 18. The Morgan fingerprint density at radius 1 is 0.263 bits per heavy atom. The quantitative estimate of drug-likeness (QED) is 0.0753. The maximum atomic E-state index is 12.2. The molecule has 36 nitrogen and oxygen atoms in total. The average molecular weight is 1200 g/mol. The lowest BCUT2D eigenvalue weighted by molar-refractivity contribution is -0.396. The largest absolute Gasteiger partial charge is 0.394 e. The Hall–Kier alpha value is -1.41. The van der Waals surface area contributed by atoms with Gasteiger partial charge >= 0.3 is 0 Å². The van der Waals surface area contributed by atoms with Crippen LogP contribution in [0.3, 0.4) is 0 Å². The van der Waals surface area contributed by atoms with Crippen LogP contribution in [0.2, 0.25) is 0 Å². The molecule has 0 saturated carbocycles. The summed E-state index contributed by atoms with van der Waals surface area (Å²) in [4.78, 5) is 0. The van der Waals surface area contributed by atoms with E-state index in [0.717, 1.165) is 0 Å². The summed E-state index contributed by atoms with van der Waals surface area (Å²) in [5, 5.41) is 199. The Kier molecular flexibility index (Phi) is 20.4. The maximum absolute atomic E-state index is 12.2. The standard InChI is InChI=1S/C43H70O36S/c1-80(62,63)64-8-15-33-21(55)27(61)42(71-15)76-31-11(4-46)66-38(23(57)17(31)51)73-28-9(2-44)65-37(22(56)16(28)50)75-30-12(5-47)69-41(26(60)19(30)53)79-34-14(7-49)70-43(36-35(34)72-36)78-32-13(6-48)68-39(25(59)20(32)54)74-29-10(3-45)67-40(77-33)24(58)18(29)52/h9-61H,2-8H2,1H3/t9-,10-,11-,12-,13-,14-,15-,16-,17-,18-,19-,20-,21+,22-,23-,24-,25-,26-,27+,28-,29-,30-,31-,32-,33-,34-,35+,36+,37-,38-,39-,40-,41-,42-,43-/m1/s1. The molecule has 21 fully saturated rings. The lowest BCUT2D eigenvalue weighted by atomic mass is 9.95. The smallest absolute Gasteiger partial charge is 0.264 e. The van der Waals surface area contributed by atoms with Crippen LogP contribution in [-0.2, 0) is 85.4 Å². The molecule has 0 spiro atoms. The van der Waals surface area contributed by atoms with E-state index >= 15 is 0 Å². The molecule has 21 heterocycles. The number of hydrogen-bond acceptors (Lipinski definition) is 36. The summed E-state index contributed by atoms with van der Waals surface area (Å²) >= 11 is 0. The van der Waals surface area contributed by atoms with Gasteiger partial charge in [-0.15, -0.1) is 0 Å². The van der Waals surface area contributed by atoms with Gasteiger partial charge in [0.2, 0.25) is 0 Å². The number of fused-ring (bicyclic) bond motifs is 1. The number of ether oxygens (including phenoxy) is 15. The van der Waals surface area contributed by atoms with Gasteiger partial charge in [-0.25, -0.2) is 0 Å². The van der Waals surface area contributed by atoms with Crippen LogP contribution in [0.25, 0.3) is 0 Å². The molecule has 35 atom stereocenters. The van der Waals surface area contributed by atoms with E-state index in [0.29, 0.717) is 6.26 Å². The van der Waals surface area contributed by atoms with Crippen LogP contribution in [0.1, 0.15) is 0 Å². The Balaban J connectivity index is 1.00. The predicted molar refractivity (Wildman–Crippen MR) is 239 cm³/mol. The molecular formula is C43H70O36S. The van der Waals surface area contributed by atoms with Crippen LogP contribution >= 0.6 is 0 Å². The van der Waals surface area contributed by atoms with E-state index in [1.54, 1.807) is 0 Å². The first-order valence-corrected chi connectivity index (χ1v) is 27.3. The third-order valence-electron chi connectivity index (χ3n) is 15.2. The van der Waals surface area contributed by atoms with E-state index in [-0.39, 0.29) is 0 Å². The van der Waals surface area contributed by atoms with Crippen LogP contribution in [-0.4, -0.2) is 368 Å². The number of aliphatic hydroxyl groups is 18. The minimum absolute atomic E-state index is 0.628. The molecule has 14 bridgehead atoms. The molecule has 0 radical (unpaired) electrons. The van der Waals surface area contributed by atoms with Crippen molar-refractivity contribution >= 4 is 10.1 Å². The zero-order valence-electron chi connectivity index (χ0n) is 42.0. The molecule has 37 heteroatoms. The lowest BCUT2D eigenvalue weighted by Gasteiger charge is -2.50. The van der Waals surface area contributed by atoms with Crippen LogP contribution in [0.4, 0.5) is 0 Å². The van der Waals surface area contributed by atoms with Gasteiger partial charge in [-0.2, -0.15) is 8.42 Å². The Labute approximate surface area is 452 Å². The fourth-order valence-electron chi connectivity index (χ4n) is 10.8. The molecule has 0 aromatic heterocycles. The monoisotopic (exact) mass is 1190 g/mol. The first kappa shape index (κ1) is 63.1. The summed E-state index contributed by atoms with van der Waals surface area (Å²) in [7, 11) is -4.35. The zero-order valence-corrected chi connectivity index (χ0v) is 42.8. The first-order chi connectivity index (χ1) is 38.0. The SMILES string of the molecule is CS(=O)(=O)OC[C@H]1O[C@@H]2O[C@H]3[C@H](O)[C@@H](O)[C@@H](O[C@H]4[C@H](O)[C@@H](O)[C@@H](O[C@H]5[C@H](O)[C@@H](O)[C@@H](O[C@H]6[C@@H]7O[C@@H]7[C@@H](O[C@H]7[C@H](O)[C@@H](O)[C@@H](O[C@H]8[C@H](O)[C@@H](O)[C@@H](O[C@H]1[C@@H](O)[C@@H]2O)O[C@@H]8CO)O[C@@H]7CO)O[C@@H]6CO)O[C@@H]5CO)O[C@@H]4CO)O[C@@H]3CO. The summed E-state index contributed by atoms with van der Waals surface area (Å²) in [5.74, 6) is 0. The van der Waals surface area contributed by atoms with Crippen molar-refractivity contribution < 1.29 is 176 Å². The van der Waals surface area contributed by atoms with E-state index in [1.165, 1.54) is 0 Å². The van der Waals surface area contributed by atoms with Crippen LogP contribution in [0.15, 0.2) is 0 Å². The topological polar surface area (TPSA) is 549 Å². The van der Waals surface area contributed by atoms with Crippen molar-refractivity contribution in [2.75, 3.05) is 52.5 Å². The highest BCUT2D eigenvalue weighted by atomic mass is 32.2. The fraction of sp³-hybridized carbons (Fsp3) is 1.00. The molecular weight excluding hydrogens is 1120 g/mol. The molecule has 21 aliphatic rings. The van der Waals surface area contributed by atoms with Gasteiger partial charge in [-0.05, 0) is 0 Å². The summed E-state index contributed by atoms with van der Waals surface area (Å²) in [5.41, 5.74) is 0. The Morgan fingerprint density at radius 3 is 0.738 bits per heavy atom. The van der Waals surface area contributed by atoms with Crippen LogP contribution < -0.4 is 0 Å². The second kappa shape index (κ2) is 25.9. The summed E-state index contributed by atoms with van der Waals surface area (Å²) in [6.07, 6.45) is -65.7. The molecule has 21 rings (SSSR count). The molecule has 464 valence electrons.